The fourth-order valence-electron chi connectivity index (χ4n) is 2.56. The normalized spacial score (nSPS) is 10.5. The van der Waals surface area contributed by atoms with Gasteiger partial charge in [0, 0.05) is 24.3 Å². The smallest absolute Gasteiger partial charge is 0.311 e. The summed E-state index contributed by atoms with van der Waals surface area (Å²) in [7, 11) is 0. The molecule has 0 aromatic heterocycles. The topological polar surface area (TPSA) is 105 Å². The molecule has 0 spiro atoms. The van der Waals surface area contributed by atoms with E-state index in [9.17, 15) is 29.0 Å². The van der Waals surface area contributed by atoms with E-state index in [1.807, 2.05) is 0 Å². The lowest BCUT2D eigenvalue weighted by molar-refractivity contribution is -0.386. The van der Waals surface area contributed by atoms with Gasteiger partial charge in [-0.3, -0.25) is 20.2 Å². The Balaban J connectivity index is 1.64. The van der Waals surface area contributed by atoms with E-state index in [1.54, 1.807) is 24.3 Å². The molecule has 8 nitrogen and oxygen atoms in total. The first-order chi connectivity index (χ1) is 14.3. The molecule has 0 atom stereocenters. The Morgan fingerprint density at radius 3 is 1.37 bits per heavy atom. The van der Waals surface area contributed by atoms with Crippen LogP contribution in [-0.4, -0.2) is 9.85 Å². The second-order valence-corrected chi connectivity index (χ2v) is 6.13. The predicted molar refractivity (Wildman–Crippen MR) is 101 cm³/mol. The van der Waals surface area contributed by atoms with E-state index in [0.717, 1.165) is 36.4 Å². The van der Waals surface area contributed by atoms with Crippen LogP contribution in [0.4, 0.5) is 20.2 Å². The lowest BCUT2D eigenvalue weighted by Gasteiger charge is -2.09. The van der Waals surface area contributed by atoms with E-state index in [4.69, 9.17) is 9.47 Å². The Bertz CT molecular complexity index is 1000. The van der Waals surface area contributed by atoms with Gasteiger partial charge in [-0.1, -0.05) is 24.3 Å². The highest BCUT2D eigenvalue weighted by atomic mass is 19.1. The van der Waals surface area contributed by atoms with Crippen molar-refractivity contribution in [1.82, 2.24) is 0 Å². The van der Waals surface area contributed by atoms with Crippen LogP contribution in [0.15, 0.2) is 60.7 Å². The Hall–Kier alpha value is -4.08. The summed E-state index contributed by atoms with van der Waals surface area (Å²) < 4.78 is 37.4. The number of nitro benzene ring substituents is 2. The van der Waals surface area contributed by atoms with Crippen LogP contribution in [0.5, 0.6) is 11.5 Å². The molecular formula is C20H14F2N2O6. The van der Waals surface area contributed by atoms with Gasteiger partial charge in [0.05, 0.1) is 9.85 Å². The third-order valence-electron chi connectivity index (χ3n) is 4.05. The second-order valence-electron chi connectivity index (χ2n) is 6.13. The average molecular weight is 416 g/mol. The van der Waals surface area contributed by atoms with E-state index in [0.29, 0.717) is 11.1 Å². The van der Waals surface area contributed by atoms with Gasteiger partial charge in [-0.25, -0.2) is 8.78 Å². The first kappa shape index (κ1) is 20.6. The molecular weight excluding hydrogens is 402 g/mol. The van der Waals surface area contributed by atoms with Gasteiger partial charge in [0.2, 0.25) is 0 Å². The number of hydrogen-bond donors (Lipinski definition) is 0. The van der Waals surface area contributed by atoms with Crippen molar-refractivity contribution in [3.8, 4) is 11.5 Å². The monoisotopic (exact) mass is 416 g/mol. The minimum absolute atomic E-state index is 0.0409. The van der Waals surface area contributed by atoms with Crippen LogP contribution >= 0.6 is 0 Å². The molecule has 30 heavy (non-hydrogen) atoms. The lowest BCUT2D eigenvalue weighted by Crippen LogP contribution is -2.01. The quantitative estimate of drug-likeness (QED) is 0.380. The largest absolute Gasteiger partial charge is 0.482 e. The second kappa shape index (κ2) is 8.95. The number of hydrogen-bond acceptors (Lipinski definition) is 6. The standard InChI is InChI=1S/C20H14F2N2O6/c21-15-5-7-17(23(25)26)19(9-15)29-11-13-1-2-14(4-3-13)12-30-20-10-16(22)6-8-18(20)24(27)28/h1-10H,11-12H2. The van der Waals surface area contributed by atoms with Crippen LogP contribution in [0.3, 0.4) is 0 Å². The summed E-state index contributed by atoms with van der Waals surface area (Å²) in [6.45, 7) is -0.0817. The molecule has 0 unspecified atom stereocenters. The molecule has 0 bridgehead atoms. The van der Waals surface area contributed by atoms with E-state index in [2.05, 4.69) is 0 Å². The maximum absolute atomic E-state index is 13.3. The van der Waals surface area contributed by atoms with Crippen molar-refractivity contribution in [3.63, 3.8) is 0 Å². The average Bonchev–Trinajstić information content (AvgIpc) is 2.71. The lowest BCUT2D eigenvalue weighted by atomic mass is 10.1. The molecule has 0 amide bonds. The summed E-state index contributed by atoms with van der Waals surface area (Å²) in [4.78, 5) is 20.6. The van der Waals surface area contributed by atoms with E-state index >= 15 is 0 Å². The van der Waals surface area contributed by atoms with Crippen molar-refractivity contribution < 1.29 is 28.1 Å². The van der Waals surface area contributed by atoms with Gasteiger partial charge >= 0.3 is 11.4 Å². The number of halogens is 2. The molecule has 0 radical (unpaired) electrons. The van der Waals surface area contributed by atoms with Crippen LogP contribution in [-0.2, 0) is 13.2 Å². The van der Waals surface area contributed by atoms with Crippen molar-refractivity contribution in [2.75, 3.05) is 0 Å². The van der Waals surface area contributed by atoms with Gasteiger partial charge < -0.3 is 9.47 Å². The Morgan fingerprint density at radius 1 is 0.667 bits per heavy atom. The SMILES string of the molecule is O=[N+]([O-])c1ccc(F)cc1OCc1ccc(COc2cc(F)ccc2[N+](=O)[O-])cc1. The molecule has 0 aliphatic carbocycles. The molecule has 0 saturated carbocycles. The predicted octanol–water partition coefficient (Wildman–Crippen LogP) is 4.94. The zero-order valence-electron chi connectivity index (χ0n) is 15.3. The van der Waals surface area contributed by atoms with Gasteiger partial charge in [0.15, 0.2) is 11.5 Å². The van der Waals surface area contributed by atoms with Crippen LogP contribution in [0.2, 0.25) is 0 Å². The summed E-state index contributed by atoms with van der Waals surface area (Å²) in [5.41, 5.74) is 0.597. The molecule has 0 saturated heterocycles. The molecule has 0 N–H and O–H groups in total. The summed E-state index contributed by atoms with van der Waals surface area (Å²) in [6, 6.07) is 12.5. The van der Waals surface area contributed by atoms with Gasteiger partial charge in [0.1, 0.15) is 24.8 Å². The van der Waals surface area contributed by atoms with Crippen molar-refractivity contribution in [3.05, 3.63) is 104 Å². The summed E-state index contributed by atoms with van der Waals surface area (Å²) in [6.07, 6.45) is 0. The minimum Gasteiger partial charge on any atom is -0.482 e. The fourth-order valence-corrected chi connectivity index (χ4v) is 2.56. The zero-order chi connectivity index (χ0) is 21.7. The third kappa shape index (κ3) is 5.04. The van der Waals surface area contributed by atoms with Crippen molar-refractivity contribution in [2.24, 2.45) is 0 Å². The fraction of sp³-hybridized carbons (Fsp3) is 0.100. The van der Waals surface area contributed by atoms with Crippen molar-refractivity contribution in [1.29, 1.82) is 0 Å². The van der Waals surface area contributed by atoms with Crippen molar-refractivity contribution in [2.45, 2.75) is 13.2 Å². The van der Waals surface area contributed by atoms with Crippen LogP contribution in [0.1, 0.15) is 11.1 Å². The van der Waals surface area contributed by atoms with E-state index < -0.39 is 21.5 Å². The number of rotatable bonds is 8. The van der Waals surface area contributed by atoms with E-state index in [1.165, 1.54) is 0 Å². The number of nitro groups is 2. The molecule has 3 aromatic rings. The van der Waals surface area contributed by atoms with Crippen LogP contribution in [0.25, 0.3) is 0 Å². The van der Waals surface area contributed by atoms with Crippen molar-refractivity contribution >= 4 is 11.4 Å². The zero-order valence-corrected chi connectivity index (χ0v) is 15.3. The highest BCUT2D eigenvalue weighted by molar-refractivity contribution is 5.47. The first-order valence-electron chi connectivity index (χ1n) is 8.55. The molecule has 154 valence electrons. The third-order valence-corrected chi connectivity index (χ3v) is 4.05. The van der Waals surface area contributed by atoms with Gasteiger partial charge in [-0.15, -0.1) is 0 Å². The highest BCUT2D eigenvalue weighted by Crippen LogP contribution is 2.29. The summed E-state index contributed by atoms with van der Waals surface area (Å²) in [5, 5.41) is 22.0. The first-order valence-corrected chi connectivity index (χ1v) is 8.55. The maximum atomic E-state index is 13.3. The Kier molecular flexibility index (Phi) is 6.16. The minimum atomic E-state index is -0.666. The van der Waals surface area contributed by atoms with Crippen LogP contribution in [0, 0.1) is 31.9 Å². The van der Waals surface area contributed by atoms with Gasteiger partial charge in [0.25, 0.3) is 0 Å². The number of ether oxygens (including phenoxy) is 2. The van der Waals surface area contributed by atoms with Gasteiger partial charge in [-0.05, 0) is 23.3 Å². The molecule has 0 aliphatic rings. The Labute approximate surface area is 168 Å². The molecule has 0 aliphatic heterocycles. The van der Waals surface area contributed by atoms with Crippen LogP contribution < -0.4 is 9.47 Å². The molecule has 0 fully saturated rings. The molecule has 0 heterocycles. The number of benzene rings is 3. The molecule has 3 rings (SSSR count). The van der Waals surface area contributed by atoms with E-state index in [-0.39, 0.29) is 36.1 Å². The molecule has 10 heteroatoms. The summed E-state index contributed by atoms with van der Waals surface area (Å²) >= 11 is 0. The van der Waals surface area contributed by atoms with Gasteiger partial charge in [-0.2, -0.15) is 0 Å². The Morgan fingerprint density at radius 2 is 1.03 bits per heavy atom. The highest BCUT2D eigenvalue weighted by Gasteiger charge is 2.17. The summed E-state index contributed by atoms with van der Waals surface area (Å²) in [5.74, 6) is -1.69. The molecule has 3 aromatic carbocycles. The number of nitrogens with zero attached hydrogens (tertiary/aromatic N) is 2. The maximum Gasteiger partial charge on any atom is 0.311 e.